The van der Waals surface area contributed by atoms with Crippen LogP contribution in [0.4, 0.5) is 0 Å². The molecular formula is C15H19N3O2. The summed E-state index contributed by atoms with van der Waals surface area (Å²) in [5.41, 5.74) is 6.44. The molecule has 1 aliphatic rings. The number of nitrogens with one attached hydrogen (secondary N) is 1. The van der Waals surface area contributed by atoms with Crippen LogP contribution in [0.2, 0.25) is 0 Å². The van der Waals surface area contributed by atoms with Crippen LogP contribution < -0.4 is 11.1 Å². The van der Waals surface area contributed by atoms with Crippen molar-refractivity contribution in [3.8, 4) is 11.8 Å². The Morgan fingerprint density at radius 1 is 1.50 bits per heavy atom. The third-order valence-electron chi connectivity index (χ3n) is 3.10. The lowest BCUT2D eigenvalue weighted by Gasteiger charge is -2.22. The minimum atomic E-state index is -0.183. The highest BCUT2D eigenvalue weighted by atomic mass is 16.5. The van der Waals surface area contributed by atoms with Gasteiger partial charge in [-0.15, -0.1) is 0 Å². The summed E-state index contributed by atoms with van der Waals surface area (Å²) in [6.07, 6.45) is 4.98. The summed E-state index contributed by atoms with van der Waals surface area (Å²) in [6, 6.07) is 3.43. The van der Waals surface area contributed by atoms with E-state index < -0.39 is 0 Å². The van der Waals surface area contributed by atoms with Crippen molar-refractivity contribution in [1.82, 2.24) is 10.3 Å². The Kier molecular flexibility index (Phi) is 5.54. The maximum Gasteiger partial charge on any atom is 0.269 e. The second-order valence-electron chi connectivity index (χ2n) is 4.64. The standard InChI is InChI=1S/C15H19N3O2/c16-8-3-4-12-6-7-14(17-10-12)15(19)18-11-13-5-1-2-9-20-13/h6-7,10,13H,1-2,5,8-9,11,16H2,(H,18,19). The van der Waals surface area contributed by atoms with Gasteiger partial charge < -0.3 is 15.8 Å². The van der Waals surface area contributed by atoms with Gasteiger partial charge in [-0.25, -0.2) is 4.98 Å². The molecule has 0 aromatic carbocycles. The number of amides is 1. The molecule has 3 N–H and O–H groups in total. The average molecular weight is 273 g/mol. The molecule has 5 nitrogen and oxygen atoms in total. The molecule has 0 spiro atoms. The fraction of sp³-hybridized carbons (Fsp3) is 0.467. The van der Waals surface area contributed by atoms with Crippen LogP contribution in [0.3, 0.4) is 0 Å². The molecule has 20 heavy (non-hydrogen) atoms. The Balaban J connectivity index is 1.85. The number of rotatable bonds is 3. The van der Waals surface area contributed by atoms with E-state index in [9.17, 15) is 4.79 Å². The molecule has 106 valence electrons. The summed E-state index contributed by atoms with van der Waals surface area (Å²) < 4.78 is 5.56. The van der Waals surface area contributed by atoms with Crippen molar-refractivity contribution in [1.29, 1.82) is 0 Å². The Morgan fingerprint density at radius 2 is 2.40 bits per heavy atom. The van der Waals surface area contributed by atoms with Crippen molar-refractivity contribution in [2.75, 3.05) is 19.7 Å². The third-order valence-corrected chi connectivity index (χ3v) is 3.10. The van der Waals surface area contributed by atoms with Gasteiger partial charge in [0.1, 0.15) is 5.69 Å². The minimum Gasteiger partial charge on any atom is -0.376 e. The van der Waals surface area contributed by atoms with Gasteiger partial charge in [-0.2, -0.15) is 0 Å². The first-order valence-corrected chi connectivity index (χ1v) is 6.84. The second-order valence-corrected chi connectivity index (χ2v) is 4.64. The van der Waals surface area contributed by atoms with Crippen molar-refractivity contribution in [2.45, 2.75) is 25.4 Å². The second kappa shape index (κ2) is 7.63. The zero-order valence-electron chi connectivity index (χ0n) is 11.4. The average Bonchev–Trinajstić information content (AvgIpc) is 2.52. The van der Waals surface area contributed by atoms with Gasteiger partial charge in [-0.3, -0.25) is 4.79 Å². The van der Waals surface area contributed by atoms with Crippen LogP contribution >= 0.6 is 0 Å². The van der Waals surface area contributed by atoms with Gasteiger partial charge in [0.2, 0.25) is 0 Å². The van der Waals surface area contributed by atoms with E-state index in [0.29, 0.717) is 18.8 Å². The van der Waals surface area contributed by atoms with Gasteiger partial charge in [0.15, 0.2) is 0 Å². The number of carbonyl (C=O) groups excluding carboxylic acids is 1. The fourth-order valence-corrected chi connectivity index (χ4v) is 2.02. The maximum atomic E-state index is 11.9. The summed E-state index contributed by atoms with van der Waals surface area (Å²) in [5.74, 6) is 5.42. The molecule has 1 unspecified atom stereocenters. The zero-order chi connectivity index (χ0) is 14.2. The molecule has 0 saturated carbocycles. The Labute approximate surface area is 118 Å². The van der Waals surface area contributed by atoms with E-state index in [0.717, 1.165) is 31.4 Å². The van der Waals surface area contributed by atoms with Gasteiger partial charge in [-0.1, -0.05) is 11.8 Å². The number of nitrogens with zero attached hydrogens (tertiary/aromatic N) is 1. The quantitative estimate of drug-likeness (QED) is 0.794. The van der Waals surface area contributed by atoms with Crippen LogP contribution in [-0.4, -0.2) is 36.7 Å². The zero-order valence-corrected chi connectivity index (χ0v) is 11.4. The molecule has 0 aliphatic carbocycles. The highest BCUT2D eigenvalue weighted by molar-refractivity contribution is 5.92. The molecule has 0 radical (unpaired) electrons. The predicted octanol–water partition coefficient (Wildman–Crippen LogP) is 0.691. The highest BCUT2D eigenvalue weighted by Crippen LogP contribution is 2.11. The molecule has 1 amide bonds. The van der Waals surface area contributed by atoms with Gasteiger partial charge in [0.05, 0.1) is 12.6 Å². The van der Waals surface area contributed by atoms with Crippen molar-refractivity contribution in [3.05, 3.63) is 29.6 Å². The largest absolute Gasteiger partial charge is 0.376 e. The smallest absolute Gasteiger partial charge is 0.269 e. The summed E-state index contributed by atoms with van der Waals surface area (Å²) >= 11 is 0. The summed E-state index contributed by atoms with van der Waals surface area (Å²) in [6.45, 7) is 1.63. The molecule has 2 rings (SSSR count). The van der Waals surface area contributed by atoms with E-state index >= 15 is 0 Å². The number of aromatic nitrogens is 1. The molecular weight excluding hydrogens is 254 g/mol. The minimum absolute atomic E-state index is 0.127. The molecule has 0 bridgehead atoms. The van der Waals surface area contributed by atoms with Crippen LogP contribution in [-0.2, 0) is 4.74 Å². The van der Waals surface area contributed by atoms with E-state index in [1.54, 1.807) is 18.3 Å². The first-order chi connectivity index (χ1) is 9.79. The lowest BCUT2D eigenvalue weighted by atomic mass is 10.1. The number of hydrogen-bond donors (Lipinski definition) is 2. The first kappa shape index (κ1) is 14.5. The fourth-order valence-electron chi connectivity index (χ4n) is 2.02. The van der Waals surface area contributed by atoms with Crippen molar-refractivity contribution < 1.29 is 9.53 Å². The van der Waals surface area contributed by atoms with Gasteiger partial charge in [0.25, 0.3) is 5.91 Å². The van der Waals surface area contributed by atoms with E-state index in [1.807, 2.05) is 0 Å². The Bertz CT molecular complexity index is 496. The molecule has 1 saturated heterocycles. The van der Waals surface area contributed by atoms with Crippen molar-refractivity contribution in [2.24, 2.45) is 5.73 Å². The van der Waals surface area contributed by atoms with E-state index in [2.05, 4.69) is 22.1 Å². The number of nitrogens with two attached hydrogens (primary N) is 1. The molecule has 5 heteroatoms. The van der Waals surface area contributed by atoms with Crippen LogP contribution in [0.5, 0.6) is 0 Å². The number of carbonyl (C=O) groups is 1. The third kappa shape index (κ3) is 4.34. The van der Waals surface area contributed by atoms with E-state index in [-0.39, 0.29) is 12.0 Å². The van der Waals surface area contributed by atoms with Crippen LogP contribution in [0.1, 0.15) is 35.3 Å². The summed E-state index contributed by atoms with van der Waals surface area (Å²) in [4.78, 5) is 16.0. The highest BCUT2D eigenvalue weighted by Gasteiger charge is 2.15. The summed E-state index contributed by atoms with van der Waals surface area (Å²) in [5, 5.41) is 2.85. The van der Waals surface area contributed by atoms with Crippen LogP contribution in [0.25, 0.3) is 0 Å². The molecule has 1 aliphatic heterocycles. The normalized spacial score (nSPS) is 17.9. The Morgan fingerprint density at radius 3 is 3.05 bits per heavy atom. The van der Waals surface area contributed by atoms with Crippen molar-refractivity contribution in [3.63, 3.8) is 0 Å². The lowest BCUT2D eigenvalue weighted by molar-refractivity contribution is 0.0168. The monoisotopic (exact) mass is 273 g/mol. The van der Waals surface area contributed by atoms with Crippen LogP contribution in [0.15, 0.2) is 18.3 Å². The topological polar surface area (TPSA) is 77.2 Å². The van der Waals surface area contributed by atoms with Gasteiger partial charge in [-0.05, 0) is 31.4 Å². The van der Waals surface area contributed by atoms with Gasteiger partial charge >= 0.3 is 0 Å². The van der Waals surface area contributed by atoms with Gasteiger partial charge in [0, 0.05) is 24.9 Å². The molecule has 1 fully saturated rings. The molecule has 2 heterocycles. The predicted molar refractivity (Wildman–Crippen MR) is 76.1 cm³/mol. The maximum absolute atomic E-state index is 11.9. The van der Waals surface area contributed by atoms with Crippen molar-refractivity contribution >= 4 is 5.91 Å². The lowest BCUT2D eigenvalue weighted by Crippen LogP contribution is -2.35. The SMILES string of the molecule is NCC#Cc1ccc(C(=O)NCC2CCCCO2)nc1. The first-order valence-electron chi connectivity index (χ1n) is 6.84. The van der Waals surface area contributed by atoms with E-state index in [4.69, 9.17) is 10.5 Å². The number of pyridine rings is 1. The molecule has 1 aromatic rings. The number of hydrogen-bond acceptors (Lipinski definition) is 4. The summed E-state index contributed by atoms with van der Waals surface area (Å²) in [7, 11) is 0. The van der Waals surface area contributed by atoms with E-state index in [1.165, 1.54) is 0 Å². The Hall–Kier alpha value is -1.90. The van der Waals surface area contributed by atoms with Crippen LogP contribution in [0, 0.1) is 11.8 Å². The number of ether oxygens (including phenoxy) is 1. The molecule has 1 aromatic heterocycles. The molecule has 1 atom stereocenters.